The van der Waals surface area contributed by atoms with Crippen molar-refractivity contribution in [2.45, 2.75) is 44.8 Å². The molecular weight excluding hydrogens is 192 g/mol. The van der Waals surface area contributed by atoms with Crippen LogP contribution in [0.15, 0.2) is 11.8 Å². The molecule has 1 atom stereocenters. The molecule has 15 heavy (non-hydrogen) atoms. The van der Waals surface area contributed by atoms with E-state index in [0.29, 0.717) is 0 Å². The van der Waals surface area contributed by atoms with Gasteiger partial charge in [0.2, 0.25) is 0 Å². The van der Waals surface area contributed by atoms with E-state index < -0.39 is 0 Å². The Balaban J connectivity index is 2.58. The van der Waals surface area contributed by atoms with E-state index in [-0.39, 0.29) is 11.6 Å². The van der Waals surface area contributed by atoms with Gasteiger partial charge in [-0.15, -0.1) is 0 Å². The molecule has 0 bridgehead atoms. The lowest BCUT2D eigenvalue weighted by Crippen LogP contribution is -2.43. The highest BCUT2D eigenvalue weighted by atomic mass is 16.5. The normalized spacial score (nSPS) is 19.3. The van der Waals surface area contributed by atoms with Crippen LogP contribution in [0, 0.1) is 0 Å². The van der Waals surface area contributed by atoms with E-state index in [1.165, 1.54) is 0 Å². The Bertz CT molecular complexity index is 227. The Morgan fingerprint density at radius 3 is 2.87 bits per heavy atom. The van der Waals surface area contributed by atoms with E-state index in [1.807, 2.05) is 13.8 Å². The number of hydrazine groups is 1. The first-order valence-corrected chi connectivity index (χ1v) is 5.43. The molecule has 0 fully saturated rings. The molecule has 0 radical (unpaired) electrons. The molecule has 0 aromatic heterocycles. The summed E-state index contributed by atoms with van der Waals surface area (Å²) in [5, 5.41) is 0. The van der Waals surface area contributed by atoms with E-state index in [0.717, 1.165) is 31.6 Å². The summed E-state index contributed by atoms with van der Waals surface area (Å²) in [6.07, 6.45) is 5.07. The van der Waals surface area contributed by atoms with Crippen LogP contribution in [0.5, 0.6) is 0 Å². The number of nitrogens with one attached hydrogen (secondary N) is 1. The summed E-state index contributed by atoms with van der Waals surface area (Å²) in [5.41, 5.74) is 2.59. The molecule has 0 aromatic rings. The van der Waals surface area contributed by atoms with Crippen molar-refractivity contribution in [1.82, 2.24) is 5.43 Å². The summed E-state index contributed by atoms with van der Waals surface area (Å²) < 4.78 is 11.0. The monoisotopic (exact) mass is 214 g/mol. The molecule has 4 nitrogen and oxygen atoms in total. The third-order valence-corrected chi connectivity index (χ3v) is 2.76. The average molecular weight is 214 g/mol. The Morgan fingerprint density at radius 2 is 2.40 bits per heavy atom. The maximum Gasteiger partial charge on any atom is 0.110 e. The molecule has 0 amide bonds. The summed E-state index contributed by atoms with van der Waals surface area (Å²) in [6, 6.07) is 0.0419. The Labute approximate surface area is 91.8 Å². The molecule has 0 saturated heterocycles. The first kappa shape index (κ1) is 12.5. The van der Waals surface area contributed by atoms with Crippen LogP contribution < -0.4 is 11.3 Å². The van der Waals surface area contributed by atoms with Crippen molar-refractivity contribution in [3.8, 4) is 0 Å². The lowest BCUT2D eigenvalue weighted by molar-refractivity contribution is 0.00384. The fraction of sp³-hybridized carbons (Fsp3) is 0.818. The molecule has 1 aliphatic rings. The smallest absolute Gasteiger partial charge is 0.110 e. The number of ether oxygens (including phenoxy) is 2. The number of nitrogens with two attached hydrogens (primary N) is 1. The summed E-state index contributed by atoms with van der Waals surface area (Å²) >= 11 is 0. The van der Waals surface area contributed by atoms with Crippen LogP contribution in [0.2, 0.25) is 0 Å². The molecule has 0 spiro atoms. The van der Waals surface area contributed by atoms with Gasteiger partial charge in [0.15, 0.2) is 0 Å². The van der Waals surface area contributed by atoms with Crippen molar-refractivity contribution in [2.75, 3.05) is 13.7 Å². The van der Waals surface area contributed by atoms with E-state index in [9.17, 15) is 0 Å². The first-order valence-electron chi connectivity index (χ1n) is 5.43. The second-order valence-electron chi connectivity index (χ2n) is 4.48. The highest BCUT2D eigenvalue weighted by Gasteiger charge is 2.26. The average Bonchev–Trinajstić information content (AvgIpc) is 2.27. The summed E-state index contributed by atoms with van der Waals surface area (Å²) in [7, 11) is 1.71. The molecule has 1 heterocycles. The van der Waals surface area contributed by atoms with E-state index in [4.69, 9.17) is 15.3 Å². The molecule has 1 rings (SSSR count). The van der Waals surface area contributed by atoms with Gasteiger partial charge in [-0.3, -0.25) is 5.84 Å². The van der Waals surface area contributed by atoms with Crippen LogP contribution in [0.3, 0.4) is 0 Å². The largest absolute Gasteiger partial charge is 0.497 e. The summed E-state index contributed by atoms with van der Waals surface area (Å²) in [6.45, 7) is 4.87. The Kier molecular flexibility index (Phi) is 4.57. The second-order valence-corrected chi connectivity index (χ2v) is 4.48. The Hall–Kier alpha value is -0.580. The van der Waals surface area contributed by atoms with Gasteiger partial charge in [-0.2, -0.15) is 0 Å². The number of methoxy groups -OCH3 is 1. The van der Waals surface area contributed by atoms with Crippen molar-refractivity contribution in [3.63, 3.8) is 0 Å². The first-order chi connectivity index (χ1) is 7.09. The molecule has 1 aliphatic heterocycles. The third kappa shape index (κ3) is 3.81. The highest BCUT2D eigenvalue weighted by molar-refractivity contribution is 5.06. The predicted molar refractivity (Wildman–Crippen MR) is 60.1 cm³/mol. The minimum Gasteiger partial charge on any atom is -0.497 e. The molecular formula is C11H22N2O2. The minimum atomic E-state index is -0.196. The van der Waals surface area contributed by atoms with Crippen LogP contribution in [0.25, 0.3) is 0 Å². The molecule has 1 unspecified atom stereocenters. The second kappa shape index (κ2) is 5.49. The number of hydrogen-bond donors (Lipinski definition) is 2. The predicted octanol–water partition coefficient (Wildman–Crippen LogP) is 1.33. The fourth-order valence-electron chi connectivity index (χ4n) is 1.64. The maximum absolute atomic E-state index is 5.58. The van der Waals surface area contributed by atoms with Crippen LogP contribution in [-0.4, -0.2) is 25.4 Å². The number of allylic oxidation sites excluding steroid dienone is 1. The third-order valence-electron chi connectivity index (χ3n) is 2.76. The van der Waals surface area contributed by atoms with Gasteiger partial charge < -0.3 is 9.47 Å². The topological polar surface area (TPSA) is 56.5 Å². The fourth-order valence-corrected chi connectivity index (χ4v) is 1.64. The van der Waals surface area contributed by atoms with Crippen LogP contribution in [0.1, 0.15) is 33.1 Å². The molecule has 3 N–H and O–H groups in total. The van der Waals surface area contributed by atoms with Crippen LogP contribution >= 0.6 is 0 Å². The molecule has 4 heteroatoms. The van der Waals surface area contributed by atoms with Gasteiger partial charge >= 0.3 is 0 Å². The van der Waals surface area contributed by atoms with E-state index in [1.54, 1.807) is 7.11 Å². The van der Waals surface area contributed by atoms with E-state index in [2.05, 4.69) is 11.5 Å². The van der Waals surface area contributed by atoms with Gasteiger partial charge in [-0.1, -0.05) is 0 Å². The number of hydrogen-bond acceptors (Lipinski definition) is 4. The standard InChI is InChI=1S/C11H22N2O2/c1-11(2,14-3)8-9(13-12)10-6-4-5-7-15-10/h6,9,13H,4-5,7-8,12H2,1-3H3. The van der Waals surface area contributed by atoms with Gasteiger partial charge in [-0.25, -0.2) is 5.43 Å². The zero-order valence-electron chi connectivity index (χ0n) is 9.88. The van der Waals surface area contributed by atoms with Crippen molar-refractivity contribution in [1.29, 1.82) is 0 Å². The lowest BCUT2D eigenvalue weighted by Gasteiger charge is -2.30. The molecule has 0 saturated carbocycles. The van der Waals surface area contributed by atoms with Crippen molar-refractivity contribution >= 4 is 0 Å². The molecule has 0 aliphatic carbocycles. The zero-order valence-corrected chi connectivity index (χ0v) is 9.88. The SMILES string of the molecule is COC(C)(C)CC(NN)C1=CCCCO1. The Morgan fingerprint density at radius 1 is 1.67 bits per heavy atom. The number of rotatable bonds is 5. The van der Waals surface area contributed by atoms with Crippen molar-refractivity contribution in [3.05, 3.63) is 11.8 Å². The van der Waals surface area contributed by atoms with Gasteiger partial charge in [-0.05, 0) is 39.2 Å². The van der Waals surface area contributed by atoms with Crippen molar-refractivity contribution in [2.24, 2.45) is 5.84 Å². The van der Waals surface area contributed by atoms with Crippen LogP contribution in [0.4, 0.5) is 0 Å². The summed E-state index contributed by atoms with van der Waals surface area (Å²) in [4.78, 5) is 0. The van der Waals surface area contributed by atoms with Gasteiger partial charge in [0, 0.05) is 7.11 Å². The van der Waals surface area contributed by atoms with E-state index >= 15 is 0 Å². The maximum atomic E-state index is 5.58. The van der Waals surface area contributed by atoms with Gasteiger partial charge in [0.05, 0.1) is 18.2 Å². The molecule has 0 aromatic carbocycles. The van der Waals surface area contributed by atoms with Gasteiger partial charge in [0.1, 0.15) is 5.76 Å². The van der Waals surface area contributed by atoms with Crippen molar-refractivity contribution < 1.29 is 9.47 Å². The quantitative estimate of drug-likeness (QED) is 0.535. The lowest BCUT2D eigenvalue weighted by atomic mass is 9.97. The molecule has 88 valence electrons. The highest BCUT2D eigenvalue weighted by Crippen LogP contribution is 2.22. The minimum absolute atomic E-state index is 0.0419. The summed E-state index contributed by atoms with van der Waals surface area (Å²) in [5.74, 6) is 6.49. The van der Waals surface area contributed by atoms with Gasteiger partial charge in [0.25, 0.3) is 0 Å². The van der Waals surface area contributed by atoms with Crippen LogP contribution in [-0.2, 0) is 9.47 Å². The zero-order chi connectivity index (χ0) is 11.3.